The summed E-state index contributed by atoms with van der Waals surface area (Å²) >= 11 is 0. The predicted molar refractivity (Wildman–Crippen MR) is 96.0 cm³/mol. The normalized spacial score (nSPS) is 17.2. The zero-order valence-electron chi connectivity index (χ0n) is 14.7. The van der Waals surface area contributed by atoms with Crippen LogP contribution in [-0.2, 0) is 17.8 Å². The Hall–Kier alpha value is -2.34. The van der Waals surface area contributed by atoms with Gasteiger partial charge in [-0.25, -0.2) is 9.97 Å². The average molecular weight is 339 g/mol. The summed E-state index contributed by atoms with van der Waals surface area (Å²) in [4.78, 5) is 25.4. The van der Waals surface area contributed by atoms with Gasteiger partial charge in [0, 0.05) is 49.2 Å². The average Bonchev–Trinajstić information content (AvgIpc) is 2.66. The second kappa shape index (κ2) is 8.67. The van der Waals surface area contributed by atoms with Gasteiger partial charge in [0.1, 0.15) is 5.82 Å². The SMILES string of the molecule is Cc1cc(CCC(=O)NCc2ccncc2)nc([C@@H]2CCCNC2)n1. The molecule has 0 aliphatic carbocycles. The molecule has 3 rings (SSSR count). The Morgan fingerprint density at radius 1 is 1.32 bits per heavy atom. The van der Waals surface area contributed by atoms with Crippen molar-refractivity contribution in [3.63, 3.8) is 0 Å². The number of rotatable bonds is 6. The Bertz CT molecular complexity index is 698. The van der Waals surface area contributed by atoms with Crippen LogP contribution in [0.3, 0.4) is 0 Å². The molecule has 6 nitrogen and oxygen atoms in total. The van der Waals surface area contributed by atoms with Gasteiger partial charge >= 0.3 is 0 Å². The van der Waals surface area contributed by atoms with Gasteiger partial charge in [-0.2, -0.15) is 0 Å². The summed E-state index contributed by atoms with van der Waals surface area (Å²) in [5, 5.41) is 6.35. The van der Waals surface area contributed by atoms with Crippen LogP contribution >= 0.6 is 0 Å². The highest BCUT2D eigenvalue weighted by Gasteiger charge is 2.18. The van der Waals surface area contributed by atoms with Crippen molar-refractivity contribution < 1.29 is 4.79 Å². The number of hydrogen-bond acceptors (Lipinski definition) is 5. The van der Waals surface area contributed by atoms with Crippen LogP contribution in [0.1, 0.15) is 48.0 Å². The summed E-state index contributed by atoms with van der Waals surface area (Å²) in [6, 6.07) is 5.78. The van der Waals surface area contributed by atoms with E-state index < -0.39 is 0 Å². The number of carbonyl (C=O) groups excluding carboxylic acids is 1. The van der Waals surface area contributed by atoms with Gasteiger partial charge < -0.3 is 10.6 Å². The molecule has 0 radical (unpaired) electrons. The van der Waals surface area contributed by atoms with Gasteiger partial charge in [0.05, 0.1) is 0 Å². The Kier molecular flexibility index (Phi) is 6.06. The summed E-state index contributed by atoms with van der Waals surface area (Å²) in [6.07, 6.45) is 6.82. The highest BCUT2D eigenvalue weighted by atomic mass is 16.1. The van der Waals surface area contributed by atoms with Crippen molar-refractivity contribution in [2.24, 2.45) is 0 Å². The number of aromatic nitrogens is 3. The summed E-state index contributed by atoms with van der Waals surface area (Å²) in [6.45, 7) is 4.54. The second-order valence-corrected chi connectivity index (χ2v) is 6.53. The first-order valence-electron chi connectivity index (χ1n) is 8.91. The first-order chi connectivity index (χ1) is 12.2. The molecule has 0 unspecified atom stereocenters. The van der Waals surface area contributed by atoms with Gasteiger partial charge in [-0.3, -0.25) is 9.78 Å². The molecule has 1 saturated heterocycles. The molecule has 0 aromatic carbocycles. The molecule has 0 spiro atoms. The number of hydrogen-bond donors (Lipinski definition) is 2. The number of aryl methyl sites for hydroxylation is 2. The summed E-state index contributed by atoms with van der Waals surface area (Å²) < 4.78 is 0. The lowest BCUT2D eigenvalue weighted by atomic mass is 9.98. The van der Waals surface area contributed by atoms with Gasteiger partial charge in [-0.15, -0.1) is 0 Å². The first kappa shape index (κ1) is 17.5. The molecule has 3 heterocycles. The second-order valence-electron chi connectivity index (χ2n) is 6.53. The van der Waals surface area contributed by atoms with Crippen LogP contribution in [0.5, 0.6) is 0 Å². The molecule has 6 heteroatoms. The molecule has 2 aromatic heterocycles. The number of nitrogens with zero attached hydrogens (tertiary/aromatic N) is 3. The van der Waals surface area contributed by atoms with E-state index in [1.54, 1.807) is 12.4 Å². The lowest BCUT2D eigenvalue weighted by Crippen LogP contribution is -2.29. The lowest BCUT2D eigenvalue weighted by Gasteiger charge is -2.22. The Balaban J connectivity index is 1.53. The maximum Gasteiger partial charge on any atom is 0.220 e. The van der Waals surface area contributed by atoms with Gasteiger partial charge in [-0.1, -0.05) is 0 Å². The van der Waals surface area contributed by atoms with E-state index in [-0.39, 0.29) is 5.91 Å². The van der Waals surface area contributed by atoms with E-state index in [1.807, 2.05) is 25.1 Å². The van der Waals surface area contributed by atoms with Gasteiger partial charge in [-0.05, 0) is 56.5 Å². The molecule has 2 aromatic rings. The molecule has 25 heavy (non-hydrogen) atoms. The zero-order valence-corrected chi connectivity index (χ0v) is 14.7. The van der Waals surface area contributed by atoms with E-state index in [0.717, 1.165) is 48.7 Å². The topological polar surface area (TPSA) is 79.8 Å². The Morgan fingerprint density at radius 2 is 2.16 bits per heavy atom. The third kappa shape index (κ3) is 5.32. The largest absolute Gasteiger partial charge is 0.352 e. The molecule has 1 aliphatic rings. The predicted octanol–water partition coefficient (Wildman–Crippen LogP) is 1.90. The number of pyridine rings is 1. The fraction of sp³-hybridized carbons (Fsp3) is 0.474. The van der Waals surface area contributed by atoms with Crippen molar-refractivity contribution in [1.29, 1.82) is 0 Å². The molecule has 132 valence electrons. The molecule has 0 saturated carbocycles. The third-order valence-corrected chi connectivity index (χ3v) is 4.43. The van der Waals surface area contributed by atoms with Crippen molar-refractivity contribution in [2.75, 3.05) is 13.1 Å². The Labute approximate surface area is 148 Å². The van der Waals surface area contributed by atoms with E-state index in [2.05, 4.69) is 20.6 Å². The summed E-state index contributed by atoms with van der Waals surface area (Å²) in [5.74, 6) is 1.33. The number of amides is 1. The van der Waals surface area contributed by atoms with Crippen molar-refractivity contribution in [2.45, 2.75) is 45.1 Å². The van der Waals surface area contributed by atoms with Crippen LogP contribution in [0, 0.1) is 6.92 Å². The van der Waals surface area contributed by atoms with Crippen molar-refractivity contribution in [3.05, 3.63) is 53.4 Å². The van der Waals surface area contributed by atoms with Crippen LogP contribution in [0.15, 0.2) is 30.6 Å². The molecule has 1 atom stereocenters. The Morgan fingerprint density at radius 3 is 2.92 bits per heavy atom. The van der Waals surface area contributed by atoms with Crippen molar-refractivity contribution >= 4 is 5.91 Å². The van der Waals surface area contributed by atoms with E-state index >= 15 is 0 Å². The highest BCUT2D eigenvalue weighted by molar-refractivity contribution is 5.76. The first-order valence-corrected chi connectivity index (χ1v) is 8.91. The monoisotopic (exact) mass is 339 g/mol. The van der Waals surface area contributed by atoms with Crippen molar-refractivity contribution in [3.8, 4) is 0 Å². The number of carbonyl (C=O) groups is 1. The fourth-order valence-electron chi connectivity index (χ4n) is 3.07. The van der Waals surface area contributed by atoms with E-state index in [1.165, 1.54) is 0 Å². The van der Waals surface area contributed by atoms with Gasteiger partial charge in [0.25, 0.3) is 0 Å². The van der Waals surface area contributed by atoms with Gasteiger partial charge in [0.2, 0.25) is 5.91 Å². The third-order valence-electron chi connectivity index (χ3n) is 4.43. The molecular weight excluding hydrogens is 314 g/mol. The lowest BCUT2D eigenvalue weighted by molar-refractivity contribution is -0.121. The standard InChI is InChI=1S/C19H25N5O/c1-14-11-17(24-19(23-14)16-3-2-8-21-13-16)4-5-18(25)22-12-15-6-9-20-10-7-15/h6-7,9-11,16,21H,2-5,8,12-13H2,1H3,(H,22,25)/t16-/m1/s1. The summed E-state index contributed by atoms with van der Waals surface area (Å²) in [5.41, 5.74) is 2.98. The molecule has 1 aliphatic heterocycles. The molecule has 1 amide bonds. The van der Waals surface area contributed by atoms with Crippen molar-refractivity contribution in [1.82, 2.24) is 25.6 Å². The van der Waals surface area contributed by atoms with Crippen LogP contribution in [0.25, 0.3) is 0 Å². The maximum absolute atomic E-state index is 12.1. The van der Waals surface area contributed by atoms with Gasteiger partial charge in [0.15, 0.2) is 0 Å². The van der Waals surface area contributed by atoms with Crippen LogP contribution in [0.2, 0.25) is 0 Å². The maximum atomic E-state index is 12.1. The minimum absolute atomic E-state index is 0.0361. The molecular formula is C19H25N5O. The molecule has 2 N–H and O–H groups in total. The molecule has 0 bridgehead atoms. The highest BCUT2D eigenvalue weighted by Crippen LogP contribution is 2.20. The smallest absolute Gasteiger partial charge is 0.220 e. The van der Waals surface area contributed by atoms with Crippen LogP contribution in [0.4, 0.5) is 0 Å². The quantitative estimate of drug-likeness (QED) is 0.840. The van der Waals surface area contributed by atoms with Crippen LogP contribution in [-0.4, -0.2) is 33.9 Å². The molecule has 1 fully saturated rings. The minimum Gasteiger partial charge on any atom is -0.352 e. The number of piperidine rings is 1. The fourth-order valence-corrected chi connectivity index (χ4v) is 3.07. The van der Waals surface area contributed by atoms with E-state index in [4.69, 9.17) is 4.98 Å². The van der Waals surface area contributed by atoms with E-state index in [0.29, 0.717) is 25.3 Å². The van der Waals surface area contributed by atoms with Crippen LogP contribution < -0.4 is 10.6 Å². The number of nitrogens with one attached hydrogen (secondary N) is 2. The summed E-state index contributed by atoms with van der Waals surface area (Å²) in [7, 11) is 0. The zero-order chi connectivity index (χ0) is 17.5. The van der Waals surface area contributed by atoms with E-state index in [9.17, 15) is 4.79 Å². The minimum atomic E-state index is 0.0361.